The number of benzene rings is 2. The van der Waals surface area contributed by atoms with E-state index in [1.807, 2.05) is 18.2 Å². The van der Waals surface area contributed by atoms with Gasteiger partial charge >= 0.3 is 0 Å². The zero-order chi connectivity index (χ0) is 22.2. The lowest BCUT2D eigenvalue weighted by molar-refractivity contribution is -0.384. The fourth-order valence-electron chi connectivity index (χ4n) is 2.52. The predicted octanol–water partition coefficient (Wildman–Crippen LogP) is 3.97. The molecule has 0 spiro atoms. The van der Waals surface area contributed by atoms with Crippen molar-refractivity contribution in [2.75, 3.05) is 0 Å². The molecule has 0 aliphatic carbocycles. The third kappa shape index (κ3) is 5.94. The molecule has 2 amide bonds. The van der Waals surface area contributed by atoms with Gasteiger partial charge in [0.15, 0.2) is 0 Å². The summed E-state index contributed by atoms with van der Waals surface area (Å²) in [7, 11) is 0. The molecule has 3 aromatic rings. The van der Waals surface area contributed by atoms with Gasteiger partial charge in [-0.1, -0.05) is 48.5 Å². The number of nitrogens with zero attached hydrogens (tertiary/aromatic N) is 2. The molecule has 2 aromatic carbocycles. The second kappa shape index (κ2) is 10.1. The lowest BCUT2D eigenvalue weighted by atomic mass is 10.1. The quantitative estimate of drug-likeness (QED) is 0.253. The number of rotatable bonds is 7. The Balaban J connectivity index is 1.80. The first-order valence-electron chi connectivity index (χ1n) is 9.15. The van der Waals surface area contributed by atoms with Crippen molar-refractivity contribution in [3.8, 4) is 0 Å². The molecule has 1 heterocycles. The Morgan fingerprint density at radius 2 is 1.71 bits per heavy atom. The molecule has 0 unspecified atom stereocenters. The van der Waals surface area contributed by atoms with Gasteiger partial charge in [-0.05, 0) is 30.7 Å². The largest absolute Gasteiger partial charge is 0.317 e. The molecule has 31 heavy (non-hydrogen) atoms. The number of carbonyl (C=O) groups excluding carboxylic acids is 2. The van der Waals surface area contributed by atoms with Crippen LogP contribution in [0.15, 0.2) is 82.9 Å². The minimum Gasteiger partial charge on any atom is -0.317 e. The Kier molecular flexibility index (Phi) is 7.02. The maximum Gasteiger partial charge on any atom is 0.287 e. The molecule has 156 valence electrons. The summed E-state index contributed by atoms with van der Waals surface area (Å²) in [5.74, 6) is -1.06. The van der Waals surface area contributed by atoms with Gasteiger partial charge < -0.3 is 5.32 Å². The highest BCUT2D eigenvalue weighted by molar-refractivity contribution is 7.12. The van der Waals surface area contributed by atoms with Gasteiger partial charge in [-0.25, -0.2) is 5.43 Å². The molecule has 0 bridgehead atoms. The van der Waals surface area contributed by atoms with Crippen LogP contribution in [0.5, 0.6) is 0 Å². The maximum absolute atomic E-state index is 12.8. The minimum absolute atomic E-state index is 0.00811. The van der Waals surface area contributed by atoms with Gasteiger partial charge in [0.25, 0.3) is 17.5 Å². The topological polar surface area (TPSA) is 114 Å². The van der Waals surface area contributed by atoms with E-state index in [4.69, 9.17) is 0 Å². The first-order chi connectivity index (χ1) is 14.9. The van der Waals surface area contributed by atoms with E-state index in [2.05, 4.69) is 15.8 Å². The average Bonchev–Trinajstić information content (AvgIpc) is 3.29. The number of carbonyl (C=O) groups is 2. The molecule has 1 aromatic heterocycles. The zero-order valence-electron chi connectivity index (χ0n) is 16.4. The van der Waals surface area contributed by atoms with Crippen molar-refractivity contribution in [3.05, 3.63) is 104 Å². The van der Waals surface area contributed by atoms with Crippen molar-refractivity contribution in [3.63, 3.8) is 0 Å². The first-order valence-corrected chi connectivity index (χ1v) is 10.0. The summed E-state index contributed by atoms with van der Waals surface area (Å²) in [6.45, 7) is 1.62. The third-order valence-corrected chi connectivity index (χ3v) is 5.14. The van der Waals surface area contributed by atoms with E-state index < -0.39 is 16.7 Å². The fourth-order valence-corrected chi connectivity index (χ4v) is 3.33. The van der Waals surface area contributed by atoms with E-state index in [1.165, 1.54) is 17.5 Å². The van der Waals surface area contributed by atoms with Gasteiger partial charge in [-0.3, -0.25) is 19.7 Å². The molecule has 0 aliphatic heterocycles. The van der Waals surface area contributed by atoms with Crippen LogP contribution in [-0.4, -0.2) is 22.4 Å². The Morgan fingerprint density at radius 1 is 1.06 bits per heavy atom. The second-order valence-electron chi connectivity index (χ2n) is 6.35. The average molecular weight is 434 g/mol. The van der Waals surface area contributed by atoms with Crippen LogP contribution in [0.3, 0.4) is 0 Å². The summed E-state index contributed by atoms with van der Waals surface area (Å²) in [6.07, 6.45) is 1.54. The molecule has 0 radical (unpaired) electrons. The number of hydrogen-bond donors (Lipinski definition) is 2. The molecule has 8 nitrogen and oxygen atoms in total. The van der Waals surface area contributed by atoms with Crippen molar-refractivity contribution in [1.29, 1.82) is 0 Å². The summed E-state index contributed by atoms with van der Waals surface area (Å²) in [4.78, 5) is 36.2. The molecular formula is C22H18N4O4S. The van der Waals surface area contributed by atoms with Gasteiger partial charge in [-0.2, -0.15) is 5.10 Å². The molecule has 0 saturated heterocycles. The Labute approximate surface area is 182 Å². The van der Waals surface area contributed by atoms with E-state index in [9.17, 15) is 19.7 Å². The third-order valence-electron chi connectivity index (χ3n) is 4.12. The zero-order valence-corrected chi connectivity index (χ0v) is 17.3. The minimum atomic E-state index is -0.626. The molecule has 2 N–H and O–H groups in total. The second-order valence-corrected chi connectivity index (χ2v) is 7.26. The molecular weight excluding hydrogens is 416 g/mol. The molecule has 3 rings (SSSR count). The molecule has 9 heteroatoms. The van der Waals surface area contributed by atoms with Crippen LogP contribution in [0.25, 0.3) is 6.08 Å². The van der Waals surface area contributed by atoms with Crippen LogP contribution in [0.4, 0.5) is 5.69 Å². The van der Waals surface area contributed by atoms with Gasteiger partial charge in [0.1, 0.15) is 5.70 Å². The normalized spacial score (nSPS) is 11.6. The van der Waals surface area contributed by atoms with E-state index in [0.717, 1.165) is 16.9 Å². The monoisotopic (exact) mass is 434 g/mol. The molecule has 0 fully saturated rings. The number of nitro groups is 1. The Hall–Kier alpha value is -4.11. The number of hydrazone groups is 1. The summed E-state index contributed by atoms with van der Waals surface area (Å²) in [5.41, 5.74) is 3.89. The SMILES string of the molecule is CC(=NNC(=O)C(=Cc1ccccc1)NC(=O)c1ccccc1)c1cc([N+](=O)[O-])cs1. The first kappa shape index (κ1) is 21.6. The lowest BCUT2D eigenvalue weighted by Gasteiger charge is -2.09. The van der Waals surface area contributed by atoms with Crippen LogP contribution in [0.1, 0.15) is 27.7 Å². The van der Waals surface area contributed by atoms with Crippen molar-refractivity contribution in [2.24, 2.45) is 5.10 Å². The van der Waals surface area contributed by atoms with E-state index in [0.29, 0.717) is 16.2 Å². The smallest absolute Gasteiger partial charge is 0.287 e. The fraction of sp³-hybridized carbons (Fsp3) is 0.0455. The summed E-state index contributed by atoms with van der Waals surface area (Å²) in [6, 6.07) is 18.9. The van der Waals surface area contributed by atoms with E-state index in [-0.39, 0.29) is 11.4 Å². The van der Waals surface area contributed by atoms with E-state index in [1.54, 1.807) is 49.4 Å². The summed E-state index contributed by atoms with van der Waals surface area (Å²) >= 11 is 1.15. The van der Waals surface area contributed by atoms with Crippen molar-refractivity contribution >= 4 is 40.6 Å². The highest BCUT2D eigenvalue weighted by atomic mass is 32.1. The van der Waals surface area contributed by atoms with Gasteiger partial charge in [0.2, 0.25) is 0 Å². The van der Waals surface area contributed by atoms with Crippen LogP contribution >= 0.6 is 11.3 Å². The van der Waals surface area contributed by atoms with Gasteiger partial charge in [0.05, 0.1) is 20.9 Å². The van der Waals surface area contributed by atoms with Gasteiger partial charge in [-0.15, -0.1) is 11.3 Å². The highest BCUT2D eigenvalue weighted by Gasteiger charge is 2.15. The number of amides is 2. The number of hydrogen-bond acceptors (Lipinski definition) is 6. The molecule has 0 aliphatic rings. The molecule has 0 saturated carbocycles. The maximum atomic E-state index is 12.8. The summed E-state index contributed by atoms with van der Waals surface area (Å²) < 4.78 is 0. The highest BCUT2D eigenvalue weighted by Crippen LogP contribution is 2.21. The lowest BCUT2D eigenvalue weighted by Crippen LogP contribution is -2.33. The standard InChI is InChI=1S/C22H18N4O4S/c1-15(20-13-18(14-31-20)26(29)30)24-25-22(28)19(12-16-8-4-2-5-9-16)23-21(27)17-10-6-3-7-11-17/h2-14H,1H3,(H,23,27)(H,25,28). The Bertz CT molecular complexity index is 1150. The van der Waals surface area contributed by atoms with Gasteiger partial charge in [0, 0.05) is 11.6 Å². The number of nitrogens with one attached hydrogen (secondary N) is 2. The van der Waals surface area contributed by atoms with Crippen LogP contribution in [-0.2, 0) is 4.79 Å². The molecule has 0 atom stereocenters. The summed E-state index contributed by atoms with van der Waals surface area (Å²) in [5, 5.41) is 18.9. The van der Waals surface area contributed by atoms with Crippen molar-refractivity contribution in [1.82, 2.24) is 10.7 Å². The van der Waals surface area contributed by atoms with Crippen molar-refractivity contribution < 1.29 is 14.5 Å². The predicted molar refractivity (Wildman–Crippen MR) is 120 cm³/mol. The van der Waals surface area contributed by atoms with Crippen LogP contribution in [0.2, 0.25) is 0 Å². The Morgan fingerprint density at radius 3 is 2.32 bits per heavy atom. The van der Waals surface area contributed by atoms with Crippen LogP contribution in [0, 0.1) is 10.1 Å². The number of thiophene rings is 1. The van der Waals surface area contributed by atoms with Crippen molar-refractivity contribution in [2.45, 2.75) is 6.92 Å². The van der Waals surface area contributed by atoms with Crippen LogP contribution < -0.4 is 10.7 Å². The van der Waals surface area contributed by atoms with E-state index >= 15 is 0 Å².